The summed E-state index contributed by atoms with van der Waals surface area (Å²) in [7, 11) is 0. The van der Waals surface area contributed by atoms with E-state index in [0.717, 1.165) is 12.8 Å². The Morgan fingerprint density at radius 3 is 1.50 bits per heavy atom. The number of aliphatic hydroxyl groups excluding tert-OH is 2. The summed E-state index contributed by atoms with van der Waals surface area (Å²) >= 11 is 0. The van der Waals surface area contributed by atoms with Gasteiger partial charge in [-0.05, 0) is 26.2 Å². The van der Waals surface area contributed by atoms with E-state index in [1.165, 1.54) is 0 Å². The summed E-state index contributed by atoms with van der Waals surface area (Å²) in [4.78, 5) is 0. The molecule has 0 aliphatic heterocycles. The molecule has 0 spiro atoms. The van der Waals surface area contributed by atoms with Crippen molar-refractivity contribution in [3.05, 3.63) is 0 Å². The molecule has 0 saturated carbocycles. The van der Waals surface area contributed by atoms with Gasteiger partial charge in [0.2, 0.25) is 0 Å². The van der Waals surface area contributed by atoms with Gasteiger partial charge in [0.05, 0.1) is 26.4 Å². The van der Waals surface area contributed by atoms with E-state index in [4.69, 9.17) is 14.2 Å². The van der Waals surface area contributed by atoms with E-state index in [1.54, 1.807) is 13.8 Å². The molecule has 7 heteroatoms. The van der Waals surface area contributed by atoms with Crippen LogP contribution in [0.3, 0.4) is 0 Å². The van der Waals surface area contributed by atoms with Crippen LogP contribution in [-0.2, 0) is 14.2 Å². The van der Waals surface area contributed by atoms with E-state index in [0.29, 0.717) is 12.8 Å². The zero-order valence-corrected chi connectivity index (χ0v) is 15.6. The molecule has 1 unspecified atom stereocenters. The molecule has 4 N–H and O–H groups in total. The standard InChI is InChI=1S/C17H36O7/c1-5-9-11-23-17(21,24-12-10-6-2)15(13-18,14-19)16(20,7-3)22-8-4/h18-21H,5-14H2,1-4H3. The van der Waals surface area contributed by atoms with Gasteiger partial charge in [0.25, 0.3) is 5.97 Å². The Morgan fingerprint density at radius 2 is 1.21 bits per heavy atom. The second-order valence-corrected chi connectivity index (χ2v) is 5.96. The summed E-state index contributed by atoms with van der Waals surface area (Å²) in [5, 5.41) is 42.0. The highest BCUT2D eigenvalue weighted by Crippen LogP contribution is 2.45. The molecule has 146 valence electrons. The van der Waals surface area contributed by atoms with E-state index in [2.05, 4.69) is 0 Å². The van der Waals surface area contributed by atoms with Crippen molar-refractivity contribution < 1.29 is 34.6 Å². The monoisotopic (exact) mass is 352 g/mol. The van der Waals surface area contributed by atoms with Gasteiger partial charge >= 0.3 is 0 Å². The highest BCUT2D eigenvalue weighted by Gasteiger charge is 2.65. The third-order valence-electron chi connectivity index (χ3n) is 4.35. The summed E-state index contributed by atoms with van der Waals surface area (Å²) in [6.45, 7) is 6.14. The molecule has 0 fully saturated rings. The maximum Gasteiger partial charge on any atom is 0.296 e. The number of aliphatic hydroxyl groups is 4. The van der Waals surface area contributed by atoms with Crippen LogP contribution in [0.5, 0.6) is 0 Å². The summed E-state index contributed by atoms with van der Waals surface area (Å²) in [5.74, 6) is -4.39. The first-order chi connectivity index (χ1) is 11.4. The van der Waals surface area contributed by atoms with Crippen LogP contribution in [0, 0.1) is 5.41 Å². The molecule has 7 nitrogen and oxygen atoms in total. The first-order valence-electron chi connectivity index (χ1n) is 8.95. The minimum Gasteiger partial charge on any atom is -0.395 e. The number of unbranched alkanes of at least 4 members (excludes halogenated alkanes) is 2. The fraction of sp³-hybridized carbons (Fsp3) is 1.00. The minimum absolute atomic E-state index is 0.0263. The van der Waals surface area contributed by atoms with E-state index >= 15 is 0 Å². The maximum atomic E-state index is 11.1. The summed E-state index contributed by atoms with van der Waals surface area (Å²) in [6, 6.07) is 0. The largest absolute Gasteiger partial charge is 0.395 e. The Balaban J connectivity index is 5.78. The molecular formula is C17H36O7. The van der Waals surface area contributed by atoms with Gasteiger partial charge in [0, 0.05) is 6.61 Å². The summed E-state index contributed by atoms with van der Waals surface area (Å²) in [6.07, 6.45) is 3.01. The van der Waals surface area contributed by atoms with Crippen molar-refractivity contribution in [3.63, 3.8) is 0 Å². The molecule has 0 aromatic heterocycles. The van der Waals surface area contributed by atoms with E-state index in [-0.39, 0.29) is 26.2 Å². The predicted octanol–water partition coefficient (Wildman–Crippen LogP) is 1.37. The Bertz CT molecular complexity index is 310. The Labute approximate surface area is 145 Å². The molecule has 24 heavy (non-hydrogen) atoms. The molecule has 0 radical (unpaired) electrons. The van der Waals surface area contributed by atoms with Gasteiger partial charge in [0.1, 0.15) is 0 Å². The summed E-state index contributed by atoms with van der Waals surface area (Å²) in [5.41, 5.74) is -1.95. The SMILES string of the molecule is CCCCOC(O)(OCCCC)C(CO)(CO)C(O)(CC)OCC. The first-order valence-corrected chi connectivity index (χ1v) is 8.95. The molecule has 0 aliphatic carbocycles. The van der Waals surface area contributed by atoms with Crippen LogP contribution in [0.2, 0.25) is 0 Å². The lowest BCUT2D eigenvalue weighted by molar-refractivity contribution is -0.472. The second-order valence-electron chi connectivity index (χ2n) is 5.96. The maximum absolute atomic E-state index is 11.1. The van der Waals surface area contributed by atoms with Crippen LogP contribution in [-0.4, -0.2) is 65.2 Å². The van der Waals surface area contributed by atoms with Crippen molar-refractivity contribution in [2.24, 2.45) is 5.41 Å². The van der Waals surface area contributed by atoms with Crippen molar-refractivity contribution in [3.8, 4) is 0 Å². The smallest absolute Gasteiger partial charge is 0.296 e. The predicted molar refractivity (Wildman–Crippen MR) is 90.1 cm³/mol. The number of rotatable bonds is 15. The molecule has 0 heterocycles. The summed E-state index contributed by atoms with van der Waals surface area (Å²) < 4.78 is 16.5. The quantitative estimate of drug-likeness (QED) is 0.260. The number of hydrogen-bond acceptors (Lipinski definition) is 7. The molecular weight excluding hydrogens is 316 g/mol. The van der Waals surface area contributed by atoms with Gasteiger partial charge in [-0.15, -0.1) is 0 Å². The van der Waals surface area contributed by atoms with E-state index in [1.807, 2.05) is 13.8 Å². The third kappa shape index (κ3) is 5.11. The van der Waals surface area contributed by atoms with Crippen LogP contribution >= 0.6 is 0 Å². The van der Waals surface area contributed by atoms with Crippen LogP contribution < -0.4 is 0 Å². The molecule has 0 bridgehead atoms. The lowest BCUT2D eigenvalue weighted by Crippen LogP contribution is -2.69. The zero-order chi connectivity index (χ0) is 18.7. The van der Waals surface area contributed by atoms with Crippen LogP contribution in [0.4, 0.5) is 0 Å². The van der Waals surface area contributed by atoms with Gasteiger partial charge in [-0.3, -0.25) is 0 Å². The van der Waals surface area contributed by atoms with Crippen molar-refractivity contribution in [2.75, 3.05) is 33.0 Å². The third-order valence-corrected chi connectivity index (χ3v) is 4.35. The molecule has 0 saturated heterocycles. The average Bonchev–Trinajstić information content (AvgIpc) is 2.57. The molecule has 0 aliphatic rings. The highest BCUT2D eigenvalue weighted by atomic mass is 16.8. The molecule has 1 atom stereocenters. The fourth-order valence-electron chi connectivity index (χ4n) is 2.59. The van der Waals surface area contributed by atoms with Crippen molar-refractivity contribution in [1.29, 1.82) is 0 Å². The Morgan fingerprint density at radius 1 is 0.750 bits per heavy atom. The molecule has 0 amide bonds. The average molecular weight is 352 g/mol. The highest BCUT2D eigenvalue weighted by molar-refractivity contribution is 4.98. The first kappa shape index (κ1) is 23.7. The zero-order valence-electron chi connectivity index (χ0n) is 15.6. The van der Waals surface area contributed by atoms with Gasteiger partial charge < -0.3 is 34.6 Å². The van der Waals surface area contributed by atoms with Gasteiger partial charge in [-0.1, -0.05) is 33.6 Å². The number of ether oxygens (including phenoxy) is 3. The Kier molecular flexibility index (Phi) is 11.2. The van der Waals surface area contributed by atoms with Crippen LogP contribution in [0.25, 0.3) is 0 Å². The minimum atomic E-state index is -2.37. The van der Waals surface area contributed by atoms with Crippen molar-refractivity contribution in [2.45, 2.75) is 71.6 Å². The fourth-order valence-corrected chi connectivity index (χ4v) is 2.59. The molecule has 0 rings (SSSR count). The second kappa shape index (κ2) is 11.4. The topological polar surface area (TPSA) is 109 Å². The molecule has 0 aromatic carbocycles. The van der Waals surface area contributed by atoms with Gasteiger partial charge in [0.15, 0.2) is 11.2 Å². The van der Waals surface area contributed by atoms with Crippen molar-refractivity contribution in [1.82, 2.24) is 0 Å². The lowest BCUT2D eigenvalue weighted by atomic mass is 9.76. The number of hydrogen-bond donors (Lipinski definition) is 4. The van der Waals surface area contributed by atoms with Crippen LogP contribution in [0.15, 0.2) is 0 Å². The molecule has 0 aromatic rings. The van der Waals surface area contributed by atoms with E-state index in [9.17, 15) is 20.4 Å². The van der Waals surface area contributed by atoms with Crippen molar-refractivity contribution >= 4 is 0 Å². The van der Waals surface area contributed by atoms with E-state index < -0.39 is 30.4 Å². The Hall–Kier alpha value is -0.280. The van der Waals surface area contributed by atoms with Gasteiger partial charge in [-0.2, -0.15) is 0 Å². The van der Waals surface area contributed by atoms with Crippen LogP contribution in [0.1, 0.15) is 59.8 Å². The van der Waals surface area contributed by atoms with Gasteiger partial charge in [-0.25, -0.2) is 0 Å². The lowest BCUT2D eigenvalue weighted by Gasteiger charge is -2.51. The normalized spacial score (nSPS) is 15.5.